The highest BCUT2D eigenvalue weighted by Gasteiger charge is 2.42. The summed E-state index contributed by atoms with van der Waals surface area (Å²) in [5, 5.41) is 9.83. The Balaban J connectivity index is 1.13. The summed E-state index contributed by atoms with van der Waals surface area (Å²) in [5.41, 5.74) is 0.835. The number of unbranched alkanes of at least 4 members (excludes halogenated alkanes) is 1. The molecule has 0 spiro atoms. The van der Waals surface area contributed by atoms with Crippen LogP contribution in [0.25, 0.3) is 0 Å². The van der Waals surface area contributed by atoms with Gasteiger partial charge in [-0.25, -0.2) is 4.79 Å². The molecule has 2 saturated heterocycles. The quantitative estimate of drug-likeness (QED) is 0.456. The van der Waals surface area contributed by atoms with Crippen molar-refractivity contribution in [2.24, 2.45) is 0 Å². The first kappa shape index (κ1) is 19.8. The molecular formula is C22H29N3O4S. The van der Waals surface area contributed by atoms with Gasteiger partial charge in [0.1, 0.15) is 0 Å². The molecule has 0 aromatic heterocycles. The maximum absolute atomic E-state index is 12.8. The van der Waals surface area contributed by atoms with Gasteiger partial charge in [0.25, 0.3) is 0 Å². The van der Waals surface area contributed by atoms with E-state index in [0.29, 0.717) is 11.7 Å². The molecule has 0 radical (unpaired) electrons. The van der Waals surface area contributed by atoms with Crippen LogP contribution in [0.3, 0.4) is 0 Å². The van der Waals surface area contributed by atoms with Gasteiger partial charge >= 0.3 is 6.03 Å². The predicted molar refractivity (Wildman–Crippen MR) is 115 cm³/mol. The molecule has 1 aromatic rings. The van der Waals surface area contributed by atoms with Gasteiger partial charge in [0.05, 0.1) is 17.6 Å². The molecule has 3 aliphatic heterocycles. The number of amides is 3. The van der Waals surface area contributed by atoms with E-state index in [2.05, 4.69) is 22.0 Å². The molecule has 3 atom stereocenters. The van der Waals surface area contributed by atoms with Crippen molar-refractivity contribution in [3.63, 3.8) is 0 Å². The highest BCUT2D eigenvalue weighted by molar-refractivity contribution is 8.00. The third kappa shape index (κ3) is 3.82. The number of nitrogens with one attached hydrogen (secondary N) is 3. The number of ether oxygens (including phenoxy) is 2. The monoisotopic (exact) mass is 431 g/mol. The van der Waals surface area contributed by atoms with Crippen LogP contribution in [0.1, 0.15) is 56.9 Å². The Bertz CT molecular complexity index is 827. The van der Waals surface area contributed by atoms with Crippen molar-refractivity contribution >= 4 is 23.7 Å². The maximum Gasteiger partial charge on any atom is 0.315 e. The van der Waals surface area contributed by atoms with Crippen molar-refractivity contribution < 1.29 is 19.1 Å². The van der Waals surface area contributed by atoms with E-state index in [4.69, 9.17) is 9.47 Å². The Morgan fingerprint density at radius 2 is 2.00 bits per heavy atom. The van der Waals surface area contributed by atoms with Gasteiger partial charge in [-0.1, -0.05) is 25.3 Å². The Morgan fingerprint density at radius 3 is 2.87 bits per heavy atom. The van der Waals surface area contributed by atoms with E-state index >= 15 is 0 Å². The van der Waals surface area contributed by atoms with E-state index in [1.807, 2.05) is 23.9 Å². The molecule has 3 fully saturated rings. The summed E-state index contributed by atoms with van der Waals surface area (Å²) < 4.78 is 11.0. The van der Waals surface area contributed by atoms with Gasteiger partial charge in [-0.15, -0.1) is 0 Å². The summed E-state index contributed by atoms with van der Waals surface area (Å²) >= 11 is 1.93. The number of hydrogen-bond acceptors (Lipinski definition) is 5. The van der Waals surface area contributed by atoms with Crippen molar-refractivity contribution in [3.05, 3.63) is 23.8 Å². The van der Waals surface area contributed by atoms with E-state index in [1.54, 1.807) is 0 Å². The number of carbonyl (C=O) groups is 2. The van der Waals surface area contributed by atoms with Crippen molar-refractivity contribution in [3.8, 4) is 11.5 Å². The smallest absolute Gasteiger partial charge is 0.315 e. The lowest BCUT2D eigenvalue weighted by molar-refractivity contribution is -0.123. The van der Waals surface area contributed by atoms with E-state index in [9.17, 15) is 9.59 Å². The van der Waals surface area contributed by atoms with E-state index in [-0.39, 0.29) is 36.4 Å². The lowest BCUT2D eigenvalue weighted by Crippen LogP contribution is -2.43. The largest absolute Gasteiger partial charge is 0.454 e. The summed E-state index contributed by atoms with van der Waals surface area (Å²) in [6, 6.07) is 6.51. The van der Waals surface area contributed by atoms with Crippen LogP contribution < -0.4 is 25.4 Å². The molecule has 8 heteroatoms. The fourth-order valence-electron chi connectivity index (χ4n) is 5.26. The predicted octanol–water partition coefficient (Wildman–Crippen LogP) is 3.03. The molecule has 0 bridgehead atoms. The Hall–Kier alpha value is -2.09. The Kier molecular flexibility index (Phi) is 5.43. The number of urea groups is 1. The van der Waals surface area contributed by atoms with Gasteiger partial charge < -0.3 is 25.4 Å². The van der Waals surface area contributed by atoms with Crippen LogP contribution >= 0.6 is 11.8 Å². The van der Waals surface area contributed by atoms with E-state index in [0.717, 1.165) is 67.8 Å². The molecule has 1 aliphatic carbocycles. The zero-order chi connectivity index (χ0) is 20.6. The average Bonchev–Trinajstić information content (AvgIpc) is 3.50. The van der Waals surface area contributed by atoms with Crippen LogP contribution in [0.2, 0.25) is 0 Å². The molecule has 1 aromatic carbocycles. The fourth-order valence-corrected chi connectivity index (χ4v) is 6.81. The highest BCUT2D eigenvalue weighted by Crippen LogP contribution is 2.43. The number of hydrogen-bond donors (Lipinski definition) is 3. The molecule has 162 valence electrons. The first-order valence-corrected chi connectivity index (χ1v) is 12.1. The van der Waals surface area contributed by atoms with Crippen molar-refractivity contribution in [1.29, 1.82) is 0 Å². The fraction of sp³-hybridized carbons (Fsp3) is 0.636. The van der Waals surface area contributed by atoms with Crippen LogP contribution in [0.15, 0.2) is 18.2 Å². The zero-order valence-corrected chi connectivity index (χ0v) is 17.9. The third-order valence-electron chi connectivity index (χ3n) is 6.84. The normalized spacial score (nSPS) is 28.1. The molecule has 3 amide bonds. The molecule has 4 aliphatic rings. The standard InChI is InChI=1S/C22H29N3O4S/c26-19(6-2-1-5-18-20-15(12-30-18)23-21(27)24-20)25-22(9-3-4-10-22)14-7-8-16-17(11-14)29-13-28-16/h7-8,11,15,18,20H,1-6,9-10,12-13H2,(H,25,26)(H2,23,24,27)/t15-,18-,20-/m0/s1. The van der Waals surface area contributed by atoms with Gasteiger partial charge in [0, 0.05) is 17.4 Å². The maximum atomic E-state index is 12.8. The summed E-state index contributed by atoms with van der Waals surface area (Å²) in [4.78, 5) is 24.3. The van der Waals surface area contributed by atoms with Crippen molar-refractivity contribution in [2.45, 2.75) is 74.2 Å². The van der Waals surface area contributed by atoms with Gasteiger partial charge in [-0.05, 0) is 43.4 Å². The number of carbonyl (C=O) groups excluding carboxylic acids is 2. The van der Waals surface area contributed by atoms with Crippen molar-refractivity contribution in [2.75, 3.05) is 12.5 Å². The third-order valence-corrected chi connectivity index (χ3v) is 8.35. The number of thioether (sulfide) groups is 1. The van der Waals surface area contributed by atoms with Crippen molar-refractivity contribution in [1.82, 2.24) is 16.0 Å². The second-order valence-corrected chi connectivity index (χ2v) is 10.0. The van der Waals surface area contributed by atoms with Crippen LogP contribution in [-0.4, -0.2) is 41.8 Å². The van der Waals surface area contributed by atoms with Crippen LogP contribution in [0.5, 0.6) is 11.5 Å². The summed E-state index contributed by atoms with van der Waals surface area (Å²) in [6.07, 6.45) is 7.63. The first-order chi connectivity index (χ1) is 14.6. The van der Waals surface area contributed by atoms with Gasteiger partial charge in [-0.2, -0.15) is 11.8 Å². The molecule has 5 rings (SSSR count). The summed E-state index contributed by atoms with van der Waals surface area (Å²) in [7, 11) is 0. The number of fused-ring (bicyclic) bond motifs is 2. The molecule has 3 heterocycles. The number of rotatable bonds is 7. The summed E-state index contributed by atoms with van der Waals surface area (Å²) in [5.74, 6) is 2.65. The Morgan fingerprint density at radius 1 is 1.17 bits per heavy atom. The molecular weight excluding hydrogens is 402 g/mol. The Labute approximate surface area is 181 Å². The topological polar surface area (TPSA) is 88.7 Å². The molecule has 7 nitrogen and oxygen atoms in total. The van der Waals surface area contributed by atoms with Gasteiger partial charge in [-0.3, -0.25) is 4.79 Å². The second-order valence-electron chi connectivity index (χ2n) is 8.77. The SMILES string of the molecule is O=C(CCCC[C@@H]1SC[C@@H]2NC(=O)N[C@@H]21)NC1(c2ccc3c(c2)OCO3)CCCC1. The highest BCUT2D eigenvalue weighted by atomic mass is 32.2. The molecule has 3 N–H and O–H groups in total. The lowest BCUT2D eigenvalue weighted by atomic mass is 9.87. The minimum absolute atomic E-state index is 0.0416. The minimum atomic E-state index is -0.285. The first-order valence-electron chi connectivity index (χ1n) is 11.0. The average molecular weight is 432 g/mol. The van der Waals surface area contributed by atoms with E-state index < -0.39 is 0 Å². The second kappa shape index (κ2) is 8.21. The van der Waals surface area contributed by atoms with Gasteiger partial charge in [0.15, 0.2) is 11.5 Å². The molecule has 1 saturated carbocycles. The zero-order valence-electron chi connectivity index (χ0n) is 17.1. The minimum Gasteiger partial charge on any atom is -0.454 e. The van der Waals surface area contributed by atoms with Crippen LogP contribution in [0.4, 0.5) is 4.79 Å². The van der Waals surface area contributed by atoms with Crippen LogP contribution in [0, 0.1) is 0 Å². The van der Waals surface area contributed by atoms with E-state index in [1.165, 1.54) is 0 Å². The summed E-state index contributed by atoms with van der Waals surface area (Å²) in [6.45, 7) is 0.263. The lowest BCUT2D eigenvalue weighted by Gasteiger charge is -2.31. The number of benzene rings is 1. The molecule has 30 heavy (non-hydrogen) atoms. The van der Waals surface area contributed by atoms with Gasteiger partial charge in [0.2, 0.25) is 12.7 Å². The van der Waals surface area contributed by atoms with Crippen LogP contribution in [-0.2, 0) is 10.3 Å². The molecule has 0 unspecified atom stereocenters.